The van der Waals surface area contributed by atoms with E-state index in [1.165, 1.54) is 29.5 Å². The van der Waals surface area contributed by atoms with Crippen LogP contribution >= 0.6 is 11.3 Å². The molecule has 2 aromatic rings. The largest absolute Gasteiger partial charge is 0.296 e. The third kappa shape index (κ3) is 3.40. The first-order chi connectivity index (χ1) is 9.40. The van der Waals surface area contributed by atoms with E-state index in [4.69, 9.17) is 0 Å². The van der Waals surface area contributed by atoms with Gasteiger partial charge in [-0.1, -0.05) is 24.3 Å². The molecule has 0 saturated heterocycles. The Kier molecular flexibility index (Phi) is 4.15. The minimum Gasteiger partial charge on any atom is -0.296 e. The maximum absolute atomic E-state index is 12.0. The lowest BCUT2D eigenvalue weighted by molar-refractivity contribution is 0.102. The van der Waals surface area contributed by atoms with E-state index in [0.717, 1.165) is 17.7 Å². The van der Waals surface area contributed by atoms with Gasteiger partial charge >= 0.3 is 0 Å². The number of hydrogen-bond acceptors (Lipinski definition) is 6. The van der Waals surface area contributed by atoms with Crippen LogP contribution in [0, 0.1) is 0 Å². The van der Waals surface area contributed by atoms with Crippen LogP contribution in [0.3, 0.4) is 0 Å². The molecule has 1 aromatic heterocycles. The number of nitrogens with zero attached hydrogens (tertiary/aromatic N) is 2. The van der Waals surface area contributed by atoms with Crippen molar-refractivity contribution in [1.82, 2.24) is 10.2 Å². The molecule has 0 aliphatic rings. The predicted molar refractivity (Wildman–Crippen MR) is 76.8 cm³/mol. The highest BCUT2D eigenvalue weighted by atomic mass is 32.2. The van der Waals surface area contributed by atoms with E-state index < -0.39 is 15.7 Å². The van der Waals surface area contributed by atoms with Crippen LogP contribution in [0.5, 0.6) is 0 Å². The molecule has 1 amide bonds. The minimum atomic E-state index is -3.34. The molecule has 20 heavy (non-hydrogen) atoms. The molecule has 0 aliphatic carbocycles. The normalized spacial score (nSPS) is 11.3. The molecule has 1 aromatic carbocycles. The van der Waals surface area contributed by atoms with Crippen molar-refractivity contribution in [3.05, 3.63) is 34.8 Å². The zero-order valence-corrected chi connectivity index (χ0v) is 12.6. The van der Waals surface area contributed by atoms with Gasteiger partial charge in [0, 0.05) is 11.8 Å². The van der Waals surface area contributed by atoms with Gasteiger partial charge in [-0.15, -0.1) is 10.2 Å². The number of aromatic nitrogens is 2. The fourth-order valence-electron chi connectivity index (χ4n) is 1.48. The zero-order chi connectivity index (χ0) is 14.8. The maximum Gasteiger partial charge on any atom is 0.257 e. The highest BCUT2D eigenvalue weighted by Crippen LogP contribution is 2.17. The van der Waals surface area contributed by atoms with Crippen LogP contribution in [-0.2, 0) is 16.3 Å². The predicted octanol–water partition coefficient (Wildman–Crippen LogP) is 1.76. The molecule has 6 nitrogen and oxygen atoms in total. The first kappa shape index (κ1) is 14.6. The van der Waals surface area contributed by atoms with Gasteiger partial charge in [-0.25, -0.2) is 8.42 Å². The van der Waals surface area contributed by atoms with E-state index in [9.17, 15) is 13.2 Å². The lowest BCUT2D eigenvalue weighted by Crippen LogP contribution is -2.12. The van der Waals surface area contributed by atoms with Crippen molar-refractivity contribution in [2.24, 2.45) is 0 Å². The number of sulfone groups is 1. The van der Waals surface area contributed by atoms with E-state index in [1.54, 1.807) is 6.07 Å². The van der Waals surface area contributed by atoms with E-state index in [0.29, 0.717) is 5.13 Å². The van der Waals surface area contributed by atoms with Crippen molar-refractivity contribution in [2.45, 2.75) is 18.2 Å². The van der Waals surface area contributed by atoms with Crippen molar-refractivity contribution >= 4 is 32.2 Å². The van der Waals surface area contributed by atoms with Gasteiger partial charge in [0.25, 0.3) is 5.91 Å². The van der Waals surface area contributed by atoms with E-state index in [2.05, 4.69) is 15.5 Å². The van der Waals surface area contributed by atoms with Crippen LogP contribution in [0.15, 0.2) is 29.2 Å². The standard InChI is InChI=1S/C12H13N3O3S2/c1-3-10-14-15-12(19-10)13-11(16)8-5-4-6-9(7-8)20(2,17)18/h4-7H,3H2,1-2H3,(H,13,15,16). The minimum absolute atomic E-state index is 0.108. The van der Waals surface area contributed by atoms with Gasteiger partial charge in [0.1, 0.15) is 5.01 Å². The molecule has 0 fully saturated rings. The summed E-state index contributed by atoms with van der Waals surface area (Å²) in [6.07, 6.45) is 1.85. The molecule has 2 rings (SSSR count). The van der Waals surface area contributed by atoms with Crippen molar-refractivity contribution in [3.63, 3.8) is 0 Å². The lowest BCUT2D eigenvalue weighted by atomic mass is 10.2. The highest BCUT2D eigenvalue weighted by molar-refractivity contribution is 7.90. The Morgan fingerprint density at radius 2 is 2.10 bits per heavy atom. The van der Waals surface area contributed by atoms with Crippen LogP contribution in [0.2, 0.25) is 0 Å². The van der Waals surface area contributed by atoms with E-state index in [-0.39, 0.29) is 10.5 Å². The van der Waals surface area contributed by atoms with Crippen LogP contribution in [0.25, 0.3) is 0 Å². The van der Waals surface area contributed by atoms with Gasteiger partial charge in [-0.3, -0.25) is 10.1 Å². The summed E-state index contributed by atoms with van der Waals surface area (Å²) in [6, 6.07) is 5.87. The fraction of sp³-hybridized carbons (Fsp3) is 0.250. The Bertz CT molecular complexity index is 738. The topological polar surface area (TPSA) is 89.0 Å². The smallest absolute Gasteiger partial charge is 0.257 e. The molecule has 0 atom stereocenters. The SMILES string of the molecule is CCc1nnc(NC(=O)c2cccc(S(C)(=O)=O)c2)s1. The summed E-state index contributed by atoms with van der Waals surface area (Å²) in [7, 11) is -3.34. The summed E-state index contributed by atoms with van der Waals surface area (Å²) in [5, 5.41) is 11.6. The molecule has 1 heterocycles. The first-order valence-electron chi connectivity index (χ1n) is 5.84. The van der Waals surface area contributed by atoms with Gasteiger partial charge in [0.05, 0.1) is 4.90 Å². The van der Waals surface area contributed by atoms with Crippen LogP contribution < -0.4 is 5.32 Å². The first-order valence-corrected chi connectivity index (χ1v) is 8.55. The number of carbonyl (C=O) groups excluding carboxylic acids is 1. The van der Waals surface area contributed by atoms with Crippen LogP contribution in [-0.4, -0.2) is 30.8 Å². The molecule has 8 heteroatoms. The highest BCUT2D eigenvalue weighted by Gasteiger charge is 2.13. The number of anilines is 1. The fourth-order valence-corrected chi connectivity index (χ4v) is 2.83. The Morgan fingerprint density at radius 3 is 2.70 bits per heavy atom. The number of nitrogens with one attached hydrogen (secondary N) is 1. The molecule has 1 N–H and O–H groups in total. The number of amides is 1. The Labute approximate surface area is 120 Å². The second-order valence-electron chi connectivity index (χ2n) is 4.11. The summed E-state index contributed by atoms with van der Waals surface area (Å²) in [6.45, 7) is 1.95. The van der Waals surface area contributed by atoms with Gasteiger partial charge < -0.3 is 0 Å². The molecule has 0 bridgehead atoms. The monoisotopic (exact) mass is 311 g/mol. The van der Waals surface area contributed by atoms with Gasteiger partial charge in [0.15, 0.2) is 9.84 Å². The molecule has 0 saturated carbocycles. The molecule has 0 spiro atoms. The third-order valence-corrected chi connectivity index (χ3v) is 4.61. The Balaban J connectivity index is 2.21. The van der Waals surface area contributed by atoms with Crippen molar-refractivity contribution < 1.29 is 13.2 Å². The second-order valence-corrected chi connectivity index (χ2v) is 7.19. The Morgan fingerprint density at radius 1 is 1.35 bits per heavy atom. The average molecular weight is 311 g/mol. The van der Waals surface area contributed by atoms with Crippen molar-refractivity contribution in [1.29, 1.82) is 0 Å². The van der Waals surface area contributed by atoms with Crippen molar-refractivity contribution in [2.75, 3.05) is 11.6 Å². The summed E-state index contributed by atoms with van der Waals surface area (Å²) in [5.74, 6) is -0.408. The molecule has 0 aliphatic heterocycles. The molecule has 0 radical (unpaired) electrons. The van der Waals surface area contributed by atoms with Gasteiger partial charge in [-0.05, 0) is 24.6 Å². The van der Waals surface area contributed by atoms with Crippen molar-refractivity contribution in [3.8, 4) is 0 Å². The lowest BCUT2D eigenvalue weighted by Gasteiger charge is -2.03. The number of rotatable bonds is 4. The molecule has 106 valence electrons. The summed E-state index contributed by atoms with van der Waals surface area (Å²) >= 11 is 1.29. The maximum atomic E-state index is 12.0. The zero-order valence-electron chi connectivity index (χ0n) is 11.0. The average Bonchev–Trinajstić information content (AvgIpc) is 2.85. The molecular formula is C12H13N3O3S2. The number of aryl methyl sites for hydroxylation is 1. The van der Waals surface area contributed by atoms with E-state index in [1.807, 2.05) is 6.92 Å². The summed E-state index contributed by atoms with van der Waals surface area (Å²) in [5.41, 5.74) is 0.265. The summed E-state index contributed by atoms with van der Waals surface area (Å²) < 4.78 is 22.9. The van der Waals surface area contributed by atoms with Gasteiger partial charge in [-0.2, -0.15) is 0 Å². The second kappa shape index (κ2) is 5.68. The quantitative estimate of drug-likeness (QED) is 0.929. The molecular weight excluding hydrogens is 298 g/mol. The Hall–Kier alpha value is -1.80. The number of hydrogen-bond donors (Lipinski definition) is 1. The molecule has 0 unspecified atom stereocenters. The van der Waals surface area contributed by atoms with Crippen LogP contribution in [0.4, 0.5) is 5.13 Å². The number of benzene rings is 1. The third-order valence-electron chi connectivity index (χ3n) is 2.51. The number of carbonyl (C=O) groups is 1. The summed E-state index contributed by atoms with van der Waals surface area (Å²) in [4.78, 5) is 12.1. The van der Waals surface area contributed by atoms with Crippen LogP contribution in [0.1, 0.15) is 22.3 Å². The van der Waals surface area contributed by atoms with Gasteiger partial charge in [0.2, 0.25) is 5.13 Å². The van der Waals surface area contributed by atoms with E-state index >= 15 is 0 Å².